The average molecular weight is 295 g/mol. The van der Waals surface area contributed by atoms with E-state index in [1.54, 1.807) is 24.3 Å². The van der Waals surface area contributed by atoms with Crippen molar-refractivity contribution >= 4 is 5.97 Å². The Bertz CT molecular complexity index is 310. The predicted octanol–water partition coefficient (Wildman–Crippen LogP) is 2.50. The first-order valence-corrected chi connectivity index (χ1v) is 3.92. The monoisotopic (exact) mass is 294 g/mol. The largest absolute Gasteiger partial charge is 0.748 e. The van der Waals surface area contributed by atoms with Gasteiger partial charge in [-0.25, -0.2) is 12.1 Å². The molecular weight excluding hydrogens is 285 g/mol. The summed E-state index contributed by atoms with van der Waals surface area (Å²) in [5.74, 6) is -0.866. The number of hydrogen-bond acceptors (Lipinski definition) is 1. The molecule has 0 aliphatic heterocycles. The van der Waals surface area contributed by atoms with Crippen LogP contribution in [0.2, 0.25) is 0 Å². The standard InChI is InChI=1S/C6H5O2.C5H5.Fe.Zn/c7-6(8)5-3-1-2-4-5;1-2-4-5-3-1;;/h1-4H,(H,7,8);1-5H;;/q-1;-5;;. The zero-order valence-electron chi connectivity index (χ0n) is 8.11. The van der Waals surface area contributed by atoms with Crippen LogP contribution in [-0.4, -0.2) is 11.1 Å². The van der Waals surface area contributed by atoms with Crippen molar-refractivity contribution in [2.45, 2.75) is 0 Å². The molecule has 2 nitrogen and oxygen atoms in total. The maximum Gasteiger partial charge on any atom is 0.278 e. The van der Waals surface area contributed by atoms with Crippen LogP contribution in [0.1, 0.15) is 10.4 Å². The molecule has 4 heteroatoms. The molecule has 0 radical (unpaired) electrons. The van der Waals surface area contributed by atoms with Crippen LogP contribution in [0, 0.1) is 0 Å². The van der Waals surface area contributed by atoms with E-state index in [4.69, 9.17) is 5.11 Å². The summed E-state index contributed by atoms with van der Waals surface area (Å²) in [7, 11) is 0. The third kappa shape index (κ3) is 7.27. The summed E-state index contributed by atoms with van der Waals surface area (Å²) < 4.78 is 0. The molecule has 0 saturated carbocycles. The van der Waals surface area contributed by atoms with E-state index in [9.17, 15) is 4.79 Å². The van der Waals surface area contributed by atoms with Crippen molar-refractivity contribution in [3.8, 4) is 0 Å². The van der Waals surface area contributed by atoms with Crippen LogP contribution in [0.15, 0.2) is 54.6 Å². The topological polar surface area (TPSA) is 37.3 Å². The average Bonchev–Trinajstić information content (AvgIpc) is 2.82. The summed E-state index contributed by atoms with van der Waals surface area (Å²) in [5.41, 5.74) is 0.352. The molecule has 0 aliphatic carbocycles. The molecular formula is C11H10FeO2Zn-6. The van der Waals surface area contributed by atoms with Gasteiger partial charge in [-0.1, -0.05) is 5.56 Å². The Morgan fingerprint density at radius 1 is 1.00 bits per heavy atom. The second-order valence-corrected chi connectivity index (χ2v) is 2.44. The van der Waals surface area contributed by atoms with Gasteiger partial charge in [0.15, 0.2) is 0 Å². The van der Waals surface area contributed by atoms with Crippen LogP contribution < -0.4 is 0 Å². The minimum absolute atomic E-state index is 0. The van der Waals surface area contributed by atoms with Crippen molar-refractivity contribution in [1.29, 1.82) is 0 Å². The van der Waals surface area contributed by atoms with Crippen molar-refractivity contribution < 1.29 is 46.4 Å². The Hall–Kier alpha value is -0.687. The quantitative estimate of drug-likeness (QED) is 0.648. The van der Waals surface area contributed by atoms with Gasteiger partial charge in [-0.2, -0.15) is 12.1 Å². The van der Waals surface area contributed by atoms with Crippen LogP contribution in [-0.2, 0) is 36.5 Å². The van der Waals surface area contributed by atoms with E-state index in [0.717, 1.165) is 0 Å². The molecule has 1 N–H and O–H groups in total. The molecule has 2 aromatic rings. The van der Waals surface area contributed by atoms with Gasteiger partial charge >= 0.3 is 0 Å². The smallest absolute Gasteiger partial charge is 0.278 e. The van der Waals surface area contributed by atoms with Crippen LogP contribution in [0.4, 0.5) is 0 Å². The number of hydrogen-bond donors (Lipinski definition) is 1. The van der Waals surface area contributed by atoms with E-state index in [0.29, 0.717) is 5.56 Å². The predicted molar refractivity (Wildman–Crippen MR) is 51.0 cm³/mol. The first-order valence-electron chi connectivity index (χ1n) is 3.92. The summed E-state index contributed by atoms with van der Waals surface area (Å²) in [4.78, 5) is 10.1. The van der Waals surface area contributed by atoms with Gasteiger partial charge in [0.25, 0.3) is 5.97 Å². The third-order valence-electron chi connectivity index (χ3n) is 1.47. The molecule has 0 spiro atoms. The number of carboxylic acid groups (broad SMARTS) is 1. The minimum atomic E-state index is -0.866. The van der Waals surface area contributed by atoms with E-state index in [1.165, 1.54) is 0 Å². The molecule has 0 bridgehead atoms. The molecule has 2 rings (SSSR count). The number of rotatable bonds is 1. The van der Waals surface area contributed by atoms with Crippen LogP contribution in [0.3, 0.4) is 0 Å². The fraction of sp³-hybridized carbons (Fsp3) is 0. The first-order chi connectivity index (χ1) is 6.30. The van der Waals surface area contributed by atoms with Crippen molar-refractivity contribution in [2.75, 3.05) is 0 Å². The van der Waals surface area contributed by atoms with Gasteiger partial charge in [0, 0.05) is 36.5 Å². The van der Waals surface area contributed by atoms with E-state index in [-0.39, 0.29) is 36.5 Å². The van der Waals surface area contributed by atoms with Gasteiger partial charge in [0.05, 0.1) is 0 Å². The summed E-state index contributed by atoms with van der Waals surface area (Å²) in [6, 6.07) is 16.5. The molecule has 2 aromatic carbocycles. The molecule has 0 fully saturated rings. The van der Waals surface area contributed by atoms with Crippen LogP contribution in [0.5, 0.6) is 0 Å². The van der Waals surface area contributed by atoms with E-state index in [1.807, 2.05) is 30.3 Å². The van der Waals surface area contributed by atoms with Gasteiger partial charge in [-0.05, 0) is 0 Å². The normalized spacial score (nSPS) is 7.47. The Labute approximate surface area is 112 Å². The Morgan fingerprint density at radius 2 is 1.33 bits per heavy atom. The fourth-order valence-electron chi connectivity index (χ4n) is 0.837. The van der Waals surface area contributed by atoms with Crippen molar-refractivity contribution in [1.82, 2.24) is 0 Å². The molecule has 15 heavy (non-hydrogen) atoms. The van der Waals surface area contributed by atoms with Crippen molar-refractivity contribution in [2.24, 2.45) is 0 Å². The number of carbonyl (C=O) groups is 1. The third-order valence-corrected chi connectivity index (χ3v) is 1.47. The van der Waals surface area contributed by atoms with E-state index < -0.39 is 5.97 Å². The minimum Gasteiger partial charge on any atom is -0.748 e. The number of aromatic carboxylic acids is 1. The molecule has 0 saturated heterocycles. The first kappa shape index (κ1) is 16.7. The van der Waals surface area contributed by atoms with Gasteiger partial charge in [0.2, 0.25) is 0 Å². The molecule has 0 amide bonds. The van der Waals surface area contributed by atoms with Crippen molar-refractivity contribution in [3.63, 3.8) is 0 Å². The van der Waals surface area contributed by atoms with Crippen molar-refractivity contribution in [3.05, 3.63) is 60.2 Å². The molecule has 82 valence electrons. The van der Waals surface area contributed by atoms with E-state index >= 15 is 0 Å². The zero-order chi connectivity index (χ0) is 9.52. The SMILES string of the molecule is O=C(O)[c-]1cccc1.[Fe].[Zn].[cH-]1[cH-][cH-][cH-][cH-]1. The summed E-state index contributed by atoms with van der Waals surface area (Å²) in [6.45, 7) is 0. The second kappa shape index (κ2) is 9.85. The van der Waals surface area contributed by atoms with Crippen LogP contribution in [0.25, 0.3) is 0 Å². The number of carboxylic acids is 1. The Kier molecular flexibility index (Phi) is 11.0. The Balaban J connectivity index is 0. The van der Waals surface area contributed by atoms with Gasteiger partial charge in [-0.15, -0.1) is 0 Å². The maximum atomic E-state index is 10.1. The zero-order valence-corrected chi connectivity index (χ0v) is 12.2. The molecule has 0 atom stereocenters. The van der Waals surface area contributed by atoms with E-state index in [2.05, 4.69) is 0 Å². The Morgan fingerprint density at radius 3 is 1.53 bits per heavy atom. The molecule has 0 unspecified atom stereocenters. The molecule has 0 aromatic heterocycles. The summed E-state index contributed by atoms with van der Waals surface area (Å²) >= 11 is 0. The second-order valence-electron chi connectivity index (χ2n) is 2.44. The maximum absolute atomic E-state index is 10.1. The summed E-state index contributed by atoms with van der Waals surface area (Å²) in [5, 5.41) is 8.27. The fourth-order valence-corrected chi connectivity index (χ4v) is 0.837. The molecule has 0 heterocycles. The van der Waals surface area contributed by atoms with Gasteiger partial charge in [0.1, 0.15) is 0 Å². The van der Waals surface area contributed by atoms with Crippen LogP contribution >= 0.6 is 0 Å². The summed E-state index contributed by atoms with van der Waals surface area (Å²) in [6.07, 6.45) is 0. The van der Waals surface area contributed by atoms with Gasteiger partial charge in [-0.3, -0.25) is 4.79 Å². The van der Waals surface area contributed by atoms with Gasteiger partial charge < -0.3 is 35.4 Å². The molecule has 0 aliphatic rings.